The molecule has 1 aromatic heterocycles. The highest BCUT2D eigenvalue weighted by Crippen LogP contribution is 2.28. The Morgan fingerprint density at radius 3 is 2.88 bits per heavy atom. The molecular weight excluding hydrogens is 338 g/mol. The topological polar surface area (TPSA) is 71.5 Å². The summed E-state index contributed by atoms with van der Waals surface area (Å²) >= 11 is 1.40. The van der Waals surface area contributed by atoms with Crippen LogP contribution in [-0.2, 0) is 28.9 Å². The monoisotopic (exact) mass is 359 g/mol. The van der Waals surface area contributed by atoms with Crippen molar-refractivity contribution in [1.82, 2.24) is 9.88 Å². The number of anilines is 1. The summed E-state index contributed by atoms with van der Waals surface area (Å²) in [5.41, 5.74) is 2.22. The molecule has 2 amide bonds. The molecule has 1 aliphatic heterocycles. The van der Waals surface area contributed by atoms with Gasteiger partial charge in [0, 0.05) is 24.3 Å². The molecule has 2 aromatic rings. The Bertz CT molecular complexity index is 745. The molecular formula is C18H21N3O3S. The van der Waals surface area contributed by atoms with Crippen molar-refractivity contribution >= 4 is 28.5 Å². The molecule has 0 saturated heterocycles. The zero-order valence-corrected chi connectivity index (χ0v) is 15.0. The van der Waals surface area contributed by atoms with Crippen molar-refractivity contribution in [3.63, 3.8) is 0 Å². The van der Waals surface area contributed by atoms with Crippen molar-refractivity contribution in [2.45, 2.75) is 32.2 Å². The number of carbonyl (C=O) groups is 2. The van der Waals surface area contributed by atoms with Crippen LogP contribution in [0, 0.1) is 0 Å². The number of nitrogens with zero attached hydrogens (tertiary/aromatic N) is 2. The van der Waals surface area contributed by atoms with Gasteiger partial charge in [0.15, 0.2) is 5.13 Å². The Kier molecular flexibility index (Phi) is 5.65. The number of aryl methyl sites for hydroxylation is 1. The van der Waals surface area contributed by atoms with E-state index in [-0.39, 0.29) is 5.91 Å². The van der Waals surface area contributed by atoms with Gasteiger partial charge in [-0.3, -0.25) is 10.1 Å². The molecule has 0 spiro atoms. The van der Waals surface area contributed by atoms with E-state index in [2.05, 4.69) is 27.2 Å². The molecule has 0 unspecified atom stereocenters. The van der Waals surface area contributed by atoms with Crippen LogP contribution in [0.1, 0.15) is 29.0 Å². The summed E-state index contributed by atoms with van der Waals surface area (Å²) in [7, 11) is 1.32. The number of hydrogen-bond acceptors (Lipinski definition) is 5. The molecule has 1 N–H and O–H groups in total. The van der Waals surface area contributed by atoms with Crippen LogP contribution < -0.4 is 5.32 Å². The third-order valence-corrected chi connectivity index (χ3v) is 5.18. The number of fused-ring (bicyclic) bond motifs is 1. The number of methoxy groups -OCH3 is 1. The predicted octanol–water partition coefficient (Wildman–Crippen LogP) is 3.23. The number of benzene rings is 1. The standard InChI is InChI=1S/C18H21N3O3S/c1-24-18(23)20-17-19-14-10-11-21(12-15(14)25-17)16(22)9-5-8-13-6-3-2-4-7-13/h2-4,6-7H,5,8-12H2,1H3,(H,19,20,23). The van der Waals surface area contributed by atoms with E-state index in [0.717, 1.165) is 29.8 Å². The van der Waals surface area contributed by atoms with Crippen molar-refractivity contribution in [3.8, 4) is 0 Å². The molecule has 132 valence electrons. The zero-order chi connectivity index (χ0) is 17.6. The zero-order valence-electron chi connectivity index (χ0n) is 14.2. The van der Waals surface area contributed by atoms with Crippen LogP contribution in [0.25, 0.3) is 0 Å². The normalized spacial score (nSPS) is 13.2. The number of nitrogens with one attached hydrogen (secondary N) is 1. The average Bonchev–Trinajstić information content (AvgIpc) is 3.03. The van der Waals surface area contributed by atoms with E-state index in [4.69, 9.17) is 0 Å². The van der Waals surface area contributed by atoms with Crippen molar-refractivity contribution in [3.05, 3.63) is 46.5 Å². The SMILES string of the molecule is COC(=O)Nc1nc2c(s1)CN(C(=O)CCCc1ccccc1)CC2. The lowest BCUT2D eigenvalue weighted by Gasteiger charge is -2.26. The highest BCUT2D eigenvalue weighted by Gasteiger charge is 2.24. The quantitative estimate of drug-likeness (QED) is 0.890. The summed E-state index contributed by atoms with van der Waals surface area (Å²) in [6.45, 7) is 1.25. The van der Waals surface area contributed by atoms with Gasteiger partial charge in [-0.15, -0.1) is 0 Å². The first-order chi connectivity index (χ1) is 12.2. The summed E-state index contributed by atoms with van der Waals surface area (Å²) in [6.07, 6.45) is 2.51. The van der Waals surface area contributed by atoms with E-state index in [1.54, 1.807) is 0 Å². The molecule has 1 aliphatic rings. The second-order valence-corrected chi connectivity index (χ2v) is 6.99. The fourth-order valence-electron chi connectivity index (χ4n) is 2.85. The maximum atomic E-state index is 12.4. The Morgan fingerprint density at radius 2 is 2.12 bits per heavy atom. The van der Waals surface area contributed by atoms with E-state index in [1.807, 2.05) is 23.1 Å². The van der Waals surface area contributed by atoms with Crippen molar-refractivity contribution in [1.29, 1.82) is 0 Å². The first kappa shape index (κ1) is 17.4. The van der Waals surface area contributed by atoms with Gasteiger partial charge < -0.3 is 9.64 Å². The van der Waals surface area contributed by atoms with Gasteiger partial charge in [0.05, 0.1) is 19.3 Å². The number of thiazole rings is 1. The van der Waals surface area contributed by atoms with E-state index < -0.39 is 6.09 Å². The highest BCUT2D eigenvalue weighted by molar-refractivity contribution is 7.15. The lowest BCUT2D eigenvalue weighted by atomic mass is 10.1. The number of carbonyl (C=O) groups excluding carboxylic acids is 2. The lowest BCUT2D eigenvalue weighted by Crippen LogP contribution is -2.35. The Morgan fingerprint density at radius 1 is 1.32 bits per heavy atom. The van der Waals surface area contributed by atoms with Crippen LogP contribution in [0.4, 0.5) is 9.93 Å². The largest absolute Gasteiger partial charge is 0.453 e. The maximum Gasteiger partial charge on any atom is 0.413 e. The summed E-state index contributed by atoms with van der Waals surface area (Å²) in [4.78, 5) is 31.0. The molecule has 0 saturated carbocycles. The van der Waals surface area contributed by atoms with Crippen molar-refractivity contribution in [2.24, 2.45) is 0 Å². The van der Waals surface area contributed by atoms with Gasteiger partial charge >= 0.3 is 6.09 Å². The summed E-state index contributed by atoms with van der Waals surface area (Å²) in [5.74, 6) is 0.178. The Hall–Kier alpha value is -2.41. The molecule has 0 bridgehead atoms. The maximum absolute atomic E-state index is 12.4. The predicted molar refractivity (Wildman–Crippen MR) is 96.6 cm³/mol. The number of ether oxygens (including phenoxy) is 1. The van der Waals surface area contributed by atoms with Crippen LogP contribution >= 0.6 is 11.3 Å². The number of amides is 2. The molecule has 0 aliphatic carbocycles. The molecule has 1 aromatic carbocycles. The van der Waals surface area contributed by atoms with Gasteiger partial charge in [-0.05, 0) is 18.4 Å². The van der Waals surface area contributed by atoms with Crippen molar-refractivity contribution < 1.29 is 14.3 Å². The van der Waals surface area contributed by atoms with E-state index in [0.29, 0.717) is 24.6 Å². The minimum atomic E-state index is -0.528. The first-order valence-corrected chi connectivity index (χ1v) is 9.12. The fourth-order valence-corrected chi connectivity index (χ4v) is 3.86. The van der Waals surface area contributed by atoms with E-state index in [9.17, 15) is 9.59 Å². The van der Waals surface area contributed by atoms with E-state index in [1.165, 1.54) is 24.0 Å². The second kappa shape index (κ2) is 8.11. The Balaban J connectivity index is 1.51. The van der Waals surface area contributed by atoms with Crippen LogP contribution in [0.15, 0.2) is 30.3 Å². The van der Waals surface area contributed by atoms with E-state index >= 15 is 0 Å². The lowest BCUT2D eigenvalue weighted by molar-refractivity contribution is -0.132. The number of aromatic nitrogens is 1. The molecule has 0 atom stereocenters. The third kappa shape index (κ3) is 4.57. The molecule has 6 nitrogen and oxygen atoms in total. The summed E-state index contributed by atoms with van der Waals surface area (Å²) in [6, 6.07) is 10.2. The smallest absolute Gasteiger partial charge is 0.413 e. The average molecular weight is 359 g/mol. The molecule has 2 heterocycles. The molecule has 7 heteroatoms. The third-order valence-electron chi connectivity index (χ3n) is 4.18. The van der Waals surface area contributed by atoms with Crippen LogP contribution in [-0.4, -0.2) is 35.5 Å². The second-order valence-electron chi connectivity index (χ2n) is 5.91. The minimum Gasteiger partial charge on any atom is -0.453 e. The Labute approximate surface area is 150 Å². The van der Waals surface area contributed by atoms with Gasteiger partial charge in [0.1, 0.15) is 0 Å². The fraction of sp³-hybridized carbons (Fsp3) is 0.389. The summed E-state index contributed by atoms with van der Waals surface area (Å²) in [5, 5.41) is 3.11. The van der Waals surface area contributed by atoms with Crippen LogP contribution in [0.2, 0.25) is 0 Å². The highest BCUT2D eigenvalue weighted by atomic mass is 32.1. The van der Waals surface area contributed by atoms with Gasteiger partial charge in [-0.25, -0.2) is 9.78 Å². The van der Waals surface area contributed by atoms with Crippen molar-refractivity contribution in [2.75, 3.05) is 19.0 Å². The first-order valence-electron chi connectivity index (χ1n) is 8.31. The van der Waals surface area contributed by atoms with Gasteiger partial charge in [-0.2, -0.15) is 0 Å². The number of hydrogen-bond donors (Lipinski definition) is 1. The molecule has 0 fully saturated rings. The minimum absolute atomic E-state index is 0.178. The summed E-state index contributed by atoms with van der Waals surface area (Å²) < 4.78 is 4.58. The molecule has 0 radical (unpaired) electrons. The van der Waals surface area contributed by atoms with Crippen LogP contribution in [0.3, 0.4) is 0 Å². The van der Waals surface area contributed by atoms with Gasteiger partial charge in [0.2, 0.25) is 5.91 Å². The molecule has 3 rings (SSSR count). The van der Waals surface area contributed by atoms with Gasteiger partial charge in [0.25, 0.3) is 0 Å². The van der Waals surface area contributed by atoms with Crippen LogP contribution in [0.5, 0.6) is 0 Å². The van der Waals surface area contributed by atoms with Gasteiger partial charge in [-0.1, -0.05) is 41.7 Å². The number of rotatable bonds is 5. The molecule has 25 heavy (non-hydrogen) atoms.